The van der Waals surface area contributed by atoms with Gasteiger partial charge in [0.1, 0.15) is 11.5 Å². The number of thiazole rings is 1. The molecule has 0 bridgehead atoms. The molecule has 136 valence electrons. The van der Waals surface area contributed by atoms with Gasteiger partial charge >= 0.3 is 0 Å². The van der Waals surface area contributed by atoms with Crippen molar-refractivity contribution in [3.63, 3.8) is 0 Å². The van der Waals surface area contributed by atoms with Crippen LogP contribution in [0.15, 0.2) is 40.5 Å². The van der Waals surface area contributed by atoms with Crippen molar-refractivity contribution < 1.29 is 5.11 Å². The number of aliphatic hydroxyl groups is 1. The number of aromatic amines is 1. The molecule has 0 unspecified atom stereocenters. The number of hydrogen-bond acceptors (Lipinski definition) is 6. The Morgan fingerprint density at radius 1 is 1.19 bits per heavy atom. The lowest BCUT2D eigenvalue weighted by Crippen LogP contribution is -2.19. The van der Waals surface area contributed by atoms with Gasteiger partial charge in [-0.2, -0.15) is 0 Å². The molecule has 2 aromatic heterocycles. The lowest BCUT2D eigenvalue weighted by molar-refractivity contribution is 0.244. The second kappa shape index (κ2) is 8.35. The quantitative estimate of drug-likeness (QED) is 0.668. The Hall–Kier alpha value is -2.35. The van der Waals surface area contributed by atoms with Gasteiger partial charge in [-0.1, -0.05) is 24.3 Å². The van der Waals surface area contributed by atoms with Crippen LogP contribution in [0, 0.1) is 6.92 Å². The monoisotopic (exact) mass is 370 g/mol. The fraction of sp³-hybridized carbons (Fsp3) is 0.316. The van der Waals surface area contributed by atoms with Crippen molar-refractivity contribution in [3.05, 3.63) is 56.6 Å². The van der Waals surface area contributed by atoms with E-state index in [-0.39, 0.29) is 12.2 Å². The fourth-order valence-corrected chi connectivity index (χ4v) is 3.31. The van der Waals surface area contributed by atoms with Gasteiger partial charge in [-0.05, 0) is 26.0 Å². The highest BCUT2D eigenvalue weighted by Crippen LogP contribution is 2.21. The van der Waals surface area contributed by atoms with Gasteiger partial charge in [0.25, 0.3) is 5.56 Å². The predicted molar refractivity (Wildman–Crippen MR) is 104 cm³/mol. The molecule has 1 aromatic carbocycles. The fourth-order valence-electron chi connectivity index (χ4n) is 2.71. The highest BCUT2D eigenvalue weighted by molar-refractivity contribution is 7.09. The molecule has 0 atom stereocenters. The summed E-state index contributed by atoms with van der Waals surface area (Å²) in [6.45, 7) is 3.79. The van der Waals surface area contributed by atoms with Crippen LogP contribution in [0.2, 0.25) is 0 Å². The summed E-state index contributed by atoms with van der Waals surface area (Å²) in [6.07, 6.45) is 0.766. The Labute approximate surface area is 156 Å². The zero-order chi connectivity index (χ0) is 18.5. The van der Waals surface area contributed by atoms with E-state index in [1.54, 1.807) is 0 Å². The Kier molecular flexibility index (Phi) is 5.92. The number of H-pyrrole nitrogens is 1. The van der Waals surface area contributed by atoms with Gasteiger partial charge < -0.3 is 15.0 Å². The minimum atomic E-state index is -0.191. The molecule has 26 heavy (non-hydrogen) atoms. The largest absolute Gasteiger partial charge is 0.396 e. The van der Waals surface area contributed by atoms with Gasteiger partial charge in [0, 0.05) is 36.7 Å². The molecule has 0 fully saturated rings. The van der Waals surface area contributed by atoms with Crippen molar-refractivity contribution in [3.8, 4) is 22.8 Å². The summed E-state index contributed by atoms with van der Waals surface area (Å²) in [4.78, 5) is 26.0. The van der Waals surface area contributed by atoms with Crippen LogP contribution >= 0.6 is 11.3 Å². The summed E-state index contributed by atoms with van der Waals surface area (Å²) >= 11 is 1.54. The minimum absolute atomic E-state index is 0.191. The standard InChI is InChI=1S/C19H22N4O2S/c1-13-20-17(12-26-13)16-10-18(25)22-19(21-16)15-6-4-14(5-7-15)11-23(2)8-3-9-24/h4-7,10,12,24H,3,8-9,11H2,1-2H3,(H,21,22,25). The van der Waals surface area contributed by atoms with Crippen molar-refractivity contribution in [1.82, 2.24) is 19.9 Å². The molecule has 0 aliphatic rings. The third-order valence-electron chi connectivity index (χ3n) is 4.00. The first-order valence-electron chi connectivity index (χ1n) is 8.48. The van der Waals surface area contributed by atoms with Gasteiger partial charge in [0.2, 0.25) is 0 Å². The molecule has 2 heterocycles. The first kappa shape index (κ1) is 18.4. The van der Waals surface area contributed by atoms with E-state index in [1.165, 1.54) is 23.0 Å². The molecule has 0 spiro atoms. The molecular weight excluding hydrogens is 348 g/mol. The molecule has 7 heteroatoms. The van der Waals surface area contributed by atoms with Crippen LogP contribution in [0.4, 0.5) is 0 Å². The minimum Gasteiger partial charge on any atom is -0.396 e. The van der Waals surface area contributed by atoms with Gasteiger partial charge in [0.15, 0.2) is 0 Å². The van der Waals surface area contributed by atoms with E-state index < -0.39 is 0 Å². The molecular formula is C19H22N4O2S. The first-order chi connectivity index (χ1) is 12.5. The number of nitrogens with zero attached hydrogens (tertiary/aromatic N) is 3. The summed E-state index contributed by atoms with van der Waals surface area (Å²) in [5.41, 5.74) is 3.15. The predicted octanol–water partition coefficient (Wildman–Crippen LogP) is 2.68. The molecule has 2 N–H and O–H groups in total. The maximum atomic E-state index is 12.0. The Bertz CT molecular complexity index is 918. The summed E-state index contributed by atoms with van der Waals surface area (Å²) < 4.78 is 0. The zero-order valence-electron chi connectivity index (χ0n) is 14.9. The molecule has 0 amide bonds. The lowest BCUT2D eigenvalue weighted by Gasteiger charge is -2.16. The van der Waals surface area contributed by atoms with Crippen LogP contribution in [0.5, 0.6) is 0 Å². The van der Waals surface area contributed by atoms with Crippen LogP contribution in [-0.4, -0.2) is 45.2 Å². The molecule has 3 rings (SSSR count). The molecule has 3 aromatic rings. The molecule has 0 radical (unpaired) electrons. The van der Waals surface area contributed by atoms with Crippen molar-refractivity contribution in [2.75, 3.05) is 20.2 Å². The van der Waals surface area contributed by atoms with Crippen molar-refractivity contribution in [1.29, 1.82) is 0 Å². The average molecular weight is 370 g/mol. The summed E-state index contributed by atoms with van der Waals surface area (Å²) in [5.74, 6) is 0.540. The summed E-state index contributed by atoms with van der Waals surface area (Å²) in [7, 11) is 2.03. The summed E-state index contributed by atoms with van der Waals surface area (Å²) in [5, 5.41) is 11.8. The number of aliphatic hydroxyl groups excluding tert-OH is 1. The number of rotatable bonds is 7. The highest BCUT2D eigenvalue weighted by Gasteiger charge is 2.09. The number of hydrogen-bond donors (Lipinski definition) is 2. The number of nitrogens with one attached hydrogen (secondary N) is 1. The van der Waals surface area contributed by atoms with Gasteiger partial charge in [-0.25, -0.2) is 9.97 Å². The van der Waals surface area contributed by atoms with Crippen LogP contribution in [0.3, 0.4) is 0 Å². The molecule has 6 nitrogen and oxygen atoms in total. The van der Waals surface area contributed by atoms with Gasteiger partial charge in [0.05, 0.1) is 10.7 Å². The van der Waals surface area contributed by atoms with Crippen molar-refractivity contribution in [2.24, 2.45) is 0 Å². The maximum absolute atomic E-state index is 12.0. The Morgan fingerprint density at radius 3 is 2.62 bits per heavy atom. The van der Waals surface area contributed by atoms with Crippen LogP contribution < -0.4 is 5.56 Å². The Balaban J connectivity index is 1.81. The Morgan fingerprint density at radius 2 is 1.96 bits per heavy atom. The van der Waals surface area contributed by atoms with Crippen molar-refractivity contribution >= 4 is 11.3 Å². The normalized spacial score (nSPS) is 11.2. The second-order valence-corrected chi connectivity index (χ2v) is 7.31. The van der Waals surface area contributed by atoms with E-state index in [9.17, 15) is 4.79 Å². The second-order valence-electron chi connectivity index (χ2n) is 6.24. The molecule has 0 saturated heterocycles. The van der Waals surface area contributed by atoms with E-state index in [0.717, 1.165) is 35.8 Å². The van der Waals surface area contributed by atoms with E-state index in [4.69, 9.17) is 5.11 Å². The van der Waals surface area contributed by atoms with Crippen LogP contribution in [0.1, 0.15) is 17.0 Å². The SMILES string of the molecule is Cc1nc(-c2cc(=O)[nH]c(-c3ccc(CN(C)CCCO)cc3)n2)cs1. The average Bonchev–Trinajstić information content (AvgIpc) is 3.06. The van der Waals surface area contributed by atoms with E-state index >= 15 is 0 Å². The van der Waals surface area contributed by atoms with E-state index in [2.05, 4.69) is 19.9 Å². The number of benzene rings is 1. The summed E-state index contributed by atoms with van der Waals surface area (Å²) in [6, 6.07) is 9.46. The van der Waals surface area contributed by atoms with E-state index in [0.29, 0.717) is 11.5 Å². The van der Waals surface area contributed by atoms with E-state index in [1.807, 2.05) is 43.6 Å². The molecule has 0 saturated carbocycles. The maximum Gasteiger partial charge on any atom is 0.251 e. The highest BCUT2D eigenvalue weighted by atomic mass is 32.1. The van der Waals surface area contributed by atoms with Gasteiger partial charge in [-0.3, -0.25) is 4.79 Å². The van der Waals surface area contributed by atoms with Crippen LogP contribution in [0.25, 0.3) is 22.8 Å². The third-order valence-corrected chi connectivity index (χ3v) is 4.77. The third kappa shape index (κ3) is 4.63. The van der Waals surface area contributed by atoms with Crippen molar-refractivity contribution in [2.45, 2.75) is 19.9 Å². The van der Waals surface area contributed by atoms with Gasteiger partial charge in [-0.15, -0.1) is 11.3 Å². The smallest absolute Gasteiger partial charge is 0.251 e. The topological polar surface area (TPSA) is 82.1 Å². The zero-order valence-corrected chi connectivity index (χ0v) is 15.7. The number of aromatic nitrogens is 3. The lowest BCUT2D eigenvalue weighted by atomic mass is 10.1. The number of aryl methyl sites for hydroxylation is 1. The molecule has 0 aliphatic heterocycles. The first-order valence-corrected chi connectivity index (χ1v) is 9.35. The van der Waals surface area contributed by atoms with Crippen LogP contribution in [-0.2, 0) is 6.54 Å². The molecule has 0 aliphatic carbocycles.